The molecule has 2 rings (SSSR count). The van der Waals surface area contributed by atoms with Gasteiger partial charge in [-0.2, -0.15) is 0 Å². The van der Waals surface area contributed by atoms with E-state index < -0.39 is 0 Å². The molecule has 1 amide bonds. The molecule has 0 aliphatic carbocycles. The van der Waals surface area contributed by atoms with Gasteiger partial charge in [0.05, 0.1) is 11.9 Å². The van der Waals surface area contributed by atoms with Gasteiger partial charge in [-0.25, -0.2) is 4.98 Å². The molecular weight excluding hydrogens is 282 g/mol. The Hall–Kier alpha value is -0.970. The van der Waals surface area contributed by atoms with Gasteiger partial charge in [-0.1, -0.05) is 0 Å². The van der Waals surface area contributed by atoms with Crippen LogP contribution in [0.4, 0.5) is 0 Å². The smallest absolute Gasteiger partial charge is 0.219 e. The van der Waals surface area contributed by atoms with Gasteiger partial charge in [-0.05, 0) is 41.1 Å². The number of rotatable bonds is 2. The van der Waals surface area contributed by atoms with Crippen LogP contribution in [-0.2, 0) is 11.2 Å². The van der Waals surface area contributed by atoms with Crippen LogP contribution < -0.4 is 0 Å². The zero-order chi connectivity index (χ0) is 12.3. The van der Waals surface area contributed by atoms with Crippen molar-refractivity contribution in [2.45, 2.75) is 26.2 Å². The van der Waals surface area contributed by atoms with Crippen molar-refractivity contribution in [2.24, 2.45) is 5.92 Å². The number of likely N-dealkylation sites (tertiary alicyclic amines) is 1. The molecule has 1 saturated heterocycles. The number of nitrogens with zero attached hydrogens (tertiary/aromatic N) is 3. The maximum atomic E-state index is 11.3. The third kappa shape index (κ3) is 3.49. The van der Waals surface area contributed by atoms with E-state index in [0.29, 0.717) is 5.92 Å². The van der Waals surface area contributed by atoms with Gasteiger partial charge in [0.2, 0.25) is 5.91 Å². The highest BCUT2D eigenvalue weighted by Crippen LogP contribution is 2.20. The lowest BCUT2D eigenvalue weighted by molar-refractivity contribution is -0.130. The highest BCUT2D eigenvalue weighted by Gasteiger charge is 2.21. The summed E-state index contributed by atoms with van der Waals surface area (Å²) in [7, 11) is 0. The summed E-state index contributed by atoms with van der Waals surface area (Å²) in [6.45, 7) is 3.40. The first kappa shape index (κ1) is 12.5. The largest absolute Gasteiger partial charge is 0.343 e. The van der Waals surface area contributed by atoms with Gasteiger partial charge in [0, 0.05) is 26.2 Å². The summed E-state index contributed by atoms with van der Waals surface area (Å²) in [5.41, 5.74) is 1.00. The van der Waals surface area contributed by atoms with E-state index in [1.54, 1.807) is 19.3 Å². The number of piperidine rings is 1. The van der Waals surface area contributed by atoms with Crippen molar-refractivity contribution in [3.63, 3.8) is 0 Å². The molecule has 92 valence electrons. The zero-order valence-electron chi connectivity index (χ0n) is 9.90. The first-order chi connectivity index (χ1) is 8.15. The Morgan fingerprint density at radius 3 is 3.00 bits per heavy atom. The lowest BCUT2D eigenvalue weighted by Crippen LogP contribution is -2.39. The van der Waals surface area contributed by atoms with Crippen molar-refractivity contribution >= 4 is 21.8 Å². The number of carbonyl (C=O) groups excluding carboxylic acids is 1. The third-order valence-corrected chi connectivity index (χ3v) is 3.55. The minimum absolute atomic E-state index is 0.177. The fraction of sp³-hybridized carbons (Fsp3) is 0.583. The Bertz CT molecular complexity index is 393. The van der Waals surface area contributed by atoms with Gasteiger partial charge in [-0.3, -0.25) is 9.78 Å². The van der Waals surface area contributed by atoms with Gasteiger partial charge in [0.25, 0.3) is 0 Å². The van der Waals surface area contributed by atoms with Crippen LogP contribution in [-0.4, -0.2) is 33.9 Å². The van der Waals surface area contributed by atoms with Crippen molar-refractivity contribution in [1.82, 2.24) is 14.9 Å². The van der Waals surface area contributed by atoms with Crippen molar-refractivity contribution in [1.29, 1.82) is 0 Å². The molecule has 17 heavy (non-hydrogen) atoms. The number of carbonyl (C=O) groups is 1. The molecule has 0 N–H and O–H groups in total. The SMILES string of the molecule is CC(=O)N1CCCC(Cc2cnc(Br)cn2)C1. The molecule has 1 unspecified atom stereocenters. The Labute approximate surface area is 110 Å². The van der Waals surface area contributed by atoms with Crippen LogP contribution >= 0.6 is 15.9 Å². The third-order valence-electron chi connectivity index (χ3n) is 3.14. The standard InChI is InChI=1S/C12H16BrN3O/c1-9(17)16-4-2-3-10(8-16)5-11-6-15-12(13)7-14-11/h6-7,10H,2-5,8H2,1H3. The summed E-state index contributed by atoms with van der Waals surface area (Å²) in [4.78, 5) is 21.8. The van der Waals surface area contributed by atoms with E-state index in [0.717, 1.165) is 36.2 Å². The summed E-state index contributed by atoms with van der Waals surface area (Å²) in [5, 5.41) is 0. The monoisotopic (exact) mass is 297 g/mol. The molecule has 2 heterocycles. The van der Waals surface area contributed by atoms with Crippen LogP contribution in [0.15, 0.2) is 17.0 Å². The Morgan fingerprint density at radius 1 is 1.53 bits per heavy atom. The highest BCUT2D eigenvalue weighted by atomic mass is 79.9. The number of hydrogen-bond donors (Lipinski definition) is 0. The number of hydrogen-bond acceptors (Lipinski definition) is 3. The van der Waals surface area contributed by atoms with Gasteiger partial charge >= 0.3 is 0 Å². The van der Waals surface area contributed by atoms with E-state index in [1.165, 1.54) is 6.42 Å². The predicted octanol–water partition coefficient (Wildman–Crippen LogP) is 2.04. The molecule has 4 nitrogen and oxygen atoms in total. The van der Waals surface area contributed by atoms with E-state index in [1.807, 2.05) is 4.90 Å². The lowest BCUT2D eigenvalue weighted by Gasteiger charge is -2.31. The van der Waals surface area contributed by atoms with Gasteiger partial charge in [0.1, 0.15) is 4.60 Å². The van der Waals surface area contributed by atoms with Crippen molar-refractivity contribution in [3.8, 4) is 0 Å². The van der Waals surface area contributed by atoms with E-state index in [2.05, 4.69) is 25.9 Å². The molecule has 1 atom stereocenters. The quantitative estimate of drug-likeness (QED) is 0.839. The summed E-state index contributed by atoms with van der Waals surface area (Å²) >= 11 is 3.27. The van der Waals surface area contributed by atoms with E-state index >= 15 is 0 Å². The molecule has 0 bridgehead atoms. The molecular formula is C12H16BrN3O. The van der Waals surface area contributed by atoms with E-state index in [-0.39, 0.29) is 5.91 Å². The summed E-state index contributed by atoms with van der Waals surface area (Å²) in [6.07, 6.45) is 6.69. The molecule has 5 heteroatoms. The predicted molar refractivity (Wildman–Crippen MR) is 68.4 cm³/mol. The van der Waals surface area contributed by atoms with Crippen LogP contribution in [0.1, 0.15) is 25.5 Å². The average Bonchev–Trinajstić information content (AvgIpc) is 2.32. The normalized spacial score (nSPS) is 20.4. The first-order valence-corrected chi connectivity index (χ1v) is 6.66. The molecule has 1 aromatic heterocycles. The maximum Gasteiger partial charge on any atom is 0.219 e. The van der Waals surface area contributed by atoms with Crippen LogP contribution in [0.3, 0.4) is 0 Å². The second kappa shape index (κ2) is 5.58. The van der Waals surface area contributed by atoms with Gasteiger partial charge in [0.15, 0.2) is 0 Å². The molecule has 1 aliphatic heterocycles. The molecule has 0 aromatic carbocycles. The molecule has 1 aromatic rings. The summed E-state index contributed by atoms with van der Waals surface area (Å²) < 4.78 is 0.759. The Kier molecular flexibility index (Phi) is 4.10. The molecule has 0 spiro atoms. The van der Waals surface area contributed by atoms with Crippen LogP contribution in [0.5, 0.6) is 0 Å². The van der Waals surface area contributed by atoms with Crippen molar-refractivity contribution in [3.05, 3.63) is 22.7 Å². The summed E-state index contributed by atoms with van der Waals surface area (Å²) in [5.74, 6) is 0.694. The van der Waals surface area contributed by atoms with Crippen molar-refractivity contribution in [2.75, 3.05) is 13.1 Å². The fourth-order valence-electron chi connectivity index (χ4n) is 2.26. The molecule has 1 aliphatic rings. The Balaban J connectivity index is 1.94. The van der Waals surface area contributed by atoms with Crippen LogP contribution in [0.25, 0.3) is 0 Å². The van der Waals surface area contributed by atoms with Crippen LogP contribution in [0, 0.1) is 5.92 Å². The maximum absolute atomic E-state index is 11.3. The first-order valence-electron chi connectivity index (χ1n) is 5.87. The van der Waals surface area contributed by atoms with E-state index in [4.69, 9.17) is 0 Å². The zero-order valence-corrected chi connectivity index (χ0v) is 11.5. The molecule has 1 fully saturated rings. The molecule has 0 radical (unpaired) electrons. The fourth-order valence-corrected chi connectivity index (χ4v) is 2.46. The van der Waals surface area contributed by atoms with Gasteiger partial charge in [-0.15, -0.1) is 0 Å². The topological polar surface area (TPSA) is 46.1 Å². The lowest BCUT2D eigenvalue weighted by atomic mass is 9.93. The van der Waals surface area contributed by atoms with Crippen molar-refractivity contribution < 1.29 is 4.79 Å². The summed E-state index contributed by atoms with van der Waals surface area (Å²) in [6, 6.07) is 0. The highest BCUT2D eigenvalue weighted by molar-refractivity contribution is 9.10. The van der Waals surface area contributed by atoms with E-state index in [9.17, 15) is 4.79 Å². The minimum Gasteiger partial charge on any atom is -0.343 e. The number of aromatic nitrogens is 2. The second-order valence-corrected chi connectivity index (χ2v) is 5.32. The number of amides is 1. The minimum atomic E-state index is 0.177. The second-order valence-electron chi connectivity index (χ2n) is 4.51. The van der Waals surface area contributed by atoms with Gasteiger partial charge < -0.3 is 4.90 Å². The Morgan fingerprint density at radius 2 is 2.35 bits per heavy atom. The average molecular weight is 298 g/mol. The molecule has 0 saturated carbocycles. The number of halogens is 1. The van der Waals surface area contributed by atoms with Crippen LogP contribution in [0.2, 0.25) is 0 Å².